The molecule has 0 bridgehead atoms. The van der Waals surface area contributed by atoms with Crippen LogP contribution in [-0.4, -0.2) is 24.6 Å². The molecule has 0 saturated heterocycles. The van der Waals surface area contributed by atoms with Crippen LogP contribution in [0.25, 0.3) is 0 Å². The van der Waals surface area contributed by atoms with E-state index in [1.54, 1.807) is 7.05 Å². The quantitative estimate of drug-likeness (QED) is 0.644. The van der Waals surface area contributed by atoms with Gasteiger partial charge in [0.05, 0.1) is 0 Å². The van der Waals surface area contributed by atoms with Crippen molar-refractivity contribution in [3.05, 3.63) is 0 Å². The molecule has 0 unspecified atom stereocenters. The first-order valence-electron chi connectivity index (χ1n) is 3.87. The maximum absolute atomic E-state index is 12.3. The second-order valence-electron chi connectivity index (χ2n) is 3.09. The molecule has 0 aromatic rings. The van der Waals surface area contributed by atoms with Crippen molar-refractivity contribution in [2.75, 3.05) is 13.6 Å². The summed E-state index contributed by atoms with van der Waals surface area (Å²) >= 11 is 4.79. The predicted octanol–water partition coefficient (Wildman–Crippen LogP) is 1.13. The zero-order chi connectivity index (χ0) is 9.19. The molecule has 0 amide bonds. The molecular formula is C7H12F2N2S. The summed E-state index contributed by atoms with van der Waals surface area (Å²) in [5.41, 5.74) is 0. The molecule has 0 heterocycles. The van der Waals surface area contributed by atoms with E-state index >= 15 is 0 Å². The van der Waals surface area contributed by atoms with Crippen LogP contribution in [0.15, 0.2) is 0 Å². The van der Waals surface area contributed by atoms with Crippen LogP contribution < -0.4 is 10.6 Å². The molecule has 70 valence electrons. The van der Waals surface area contributed by atoms with Crippen LogP contribution in [0.1, 0.15) is 12.8 Å². The van der Waals surface area contributed by atoms with Crippen LogP contribution in [0.3, 0.4) is 0 Å². The van der Waals surface area contributed by atoms with Crippen molar-refractivity contribution >= 4 is 17.3 Å². The van der Waals surface area contributed by atoms with E-state index in [0.717, 1.165) is 0 Å². The summed E-state index contributed by atoms with van der Waals surface area (Å²) < 4.78 is 24.6. The van der Waals surface area contributed by atoms with Crippen molar-refractivity contribution in [1.82, 2.24) is 10.6 Å². The van der Waals surface area contributed by atoms with Crippen molar-refractivity contribution in [3.63, 3.8) is 0 Å². The number of rotatable bonds is 2. The zero-order valence-corrected chi connectivity index (χ0v) is 7.68. The van der Waals surface area contributed by atoms with Gasteiger partial charge in [-0.25, -0.2) is 8.78 Å². The molecule has 2 N–H and O–H groups in total. The Morgan fingerprint density at radius 2 is 2.17 bits per heavy atom. The molecule has 0 aliphatic heterocycles. The number of hydrogen-bond donors (Lipinski definition) is 2. The molecule has 0 atom stereocenters. The molecule has 12 heavy (non-hydrogen) atoms. The second-order valence-corrected chi connectivity index (χ2v) is 3.50. The van der Waals surface area contributed by atoms with E-state index in [1.165, 1.54) is 0 Å². The summed E-state index contributed by atoms with van der Waals surface area (Å²) in [6.45, 7) is 0.551. The van der Waals surface area contributed by atoms with E-state index < -0.39 is 5.92 Å². The largest absolute Gasteiger partial charge is 0.366 e. The van der Waals surface area contributed by atoms with Gasteiger partial charge in [-0.15, -0.1) is 0 Å². The predicted molar refractivity (Wildman–Crippen MR) is 47.3 cm³/mol. The molecule has 1 saturated carbocycles. The second kappa shape index (κ2) is 3.51. The van der Waals surface area contributed by atoms with E-state index in [2.05, 4.69) is 10.6 Å². The smallest absolute Gasteiger partial charge is 0.248 e. The number of halogens is 2. The molecule has 1 aliphatic carbocycles. The molecule has 0 aromatic heterocycles. The van der Waals surface area contributed by atoms with Gasteiger partial charge in [-0.05, 0) is 18.1 Å². The van der Waals surface area contributed by atoms with Gasteiger partial charge in [0.15, 0.2) is 5.11 Å². The summed E-state index contributed by atoms with van der Waals surface area (Å²) in [7, 11) is 1.70. The SMILES string of the molecule is CNC(=S)NCC1CC(F)(F)C1. The standard InChI is InChI=1S/C7H12F2N2S/c1-10-6(12)11-4-5-2-7(8,9)3-5/h5H,2-4H2,1H3,(H2,10,11,12). The van der Waals surface area contributed by atoms with Gasteiger partial charge in [0.1, 0.15) is 0 Å². The Morgan fingerprint density at radius 3 is 2.58 bits per heavy atom. The fourth-order valence-electron chi connectivity index (χ4n) is 1.25. The lowest BCUT2D eigenvalue weighted by Crippen LogP contribution is -2.44. The van der Waals surface area contributed by atoms with Crippen LogP contribution in [0, 0.1) is 5.92 Å². The molecule has 0 aromatic carbocycles. The van der Waals surface area contributed by atoms with Crippen molar-refractivity contribution in [2.45, 2.75) is 18.8 Å². The lowest BCUT2D eigenvalue weighted by molar-refractivity contribution is -0.108. The Hall–Kier alpha value is -0.450. The Balaban J connectivity index is 2.08. The first-order chi connectivity index (χ1) is 5.53. The van der Waals surface area contributed by atoms with E-state index in [0.29, 0.717) is 11.7 Å². The van der Waals surface area contributed by atoms with E-state index in [4.69, 9.17) is 12.2 Å². The summed E-state index contributed by atoms with van der Waals surface area (Å²) in [6.07, 6.45) is -0.0152. The maximum Gasteiger partial charge on any atom is 0.248 e. The van der Waals surface area contributed by atoms with Gasteiger partial charge >= 0.3 is 0 Å². The van der Waals surface area contributed by atoms with E-state index in [9.17, 15) is 8.78 Å². The molecular weight excluding hydrogens is 182 g/mol. The topological polar surface area (TPSA) is 24.1 Å². The fraction of sp³-hybridized carbons (Fsp3) is 0.857. The summed E-state index contributed by atoms with van der Waals surface area (Å²) in [5.74, 6) is -2.35. The number of thiocarbonyl (C=S) groups is 1. The van der Waals surface area contributed by atoms with Crippen LogP contribution in [0.2, 0.25) is 0 Å². The van der Waals surface area contributed by atoms with Crippen LogP contribution in [0.4, 0.5) is 8.78 Å². The average Bonchev–Trinajstić information content (AvgIpc) is 1.96. The lowest BCUT2D eigenvalue weighted by atomic mass is 9.81. The van der Waals surface area contributed by atoms with Crippen molar-refractivity contribution in [3.8, 4) is 0 Å². The first-order valence-corrected chi connectivity index (χ1v) is 4.28. The minimum Gasteiger partial charge on any atom is -0.366 e. The minimum absolute atomic E-state index is 0.00761. The Morgan fingerprint density at radius 1 is 1.58 bits per heavy atom. The van der Waals surface area contributed by atoms with Crippen molar-refractivity contribution in [2.24, 2.45) is 5.92 Å². The summed E-state index contributed by atoms with van der Waals surface area (Å²) in [6, 6.07) is 0. The summed E-state index contributed by atoms with van der Waals surface area (Å²) in [4.78, 5) is 0. The summed E-state index contributed by atoms with van der Waals surface area (Å²) in [5, 5.41) is 6.10. The Bertz CT molecular complexity index is 176. The molecule has 2 nitrogen and oxygen atoms in total. The van der Waals surface area contributed by atoms with Gasteiger partial charge in [-0.3, -0.25) is 0 Å². The number of nitrogens with one attached hydrogen (secondary N) is 2. The molecule has 1 rings (SSSR count). The van der Waals surface area contributed by atoms with Gasteiger partial charge in [0, 0.05) is 26.4 Å². The maximum atomic E-state index is 12.3. The lowest BCUT2D eigenvalue weighted by Gasteiger charge is -2.35. The highest BCUT2D eigenvalue weighted by Gasteiger charge is 2.44. The van der Waals surface area contributed by atoms with Crippen molar-refractivity contribution in [1.29, 1.82) is 0 Å². The molecule has 0 radical (unpaired) electrons. The van der Waals surface area contributed by atoms with Gasteiger partial charge < -0.3 is 10.6 Å². The van der Waals surface area contributed by atoms with Gasteiger partial charge in [0.2, 0.25) is 5.92 Å². The minimum atomic E-state index is -2.42. The van der Waals surface area contributed by atoms with Gasteiger partial charge in [0.25, 0.3) is 0 Å². The fourth-order valence-corrected chi connectivity index (χ4v) is 1.34. The van der Waals surface area contributed by atoms with Gasteiger partial charge in [-0.2, -0.15) is 0 Å². The molecule has 0 spiro atoms. The monoisotopic (exact) mass is 194 g/mol. The average molecular weight is 194 g/mol. The molecule has 5 heteroatoms. The molecule has 1 aliphatic rings. The highest BCUT2D eigenvalue weighted by atomic mass is 32.1. The van der Waals surface area contributed by atoms with E-state index in [1.807, 2.05) is 0 Å². The van der Waals surface area contributed by atoms with Crippen LogP contribution in [0.5, 0.6) is 0 Å². The van der Waals surface area contributed by atoms with Gasteiger partial charge in [-0.1, -0.05) is 0 Å². The third kappa shape index (κ3) is 2.55. The first kappa shape index (κ1) is 9.64. The van der Waals surface area contributed by atoms with E-state index in [-0.39, 0.29) is 18.8 Å². The third-order valence-corrected chi connectivity index (χ3v) is 2.30. The number of alkyl halides is 2. The zero-order valence-electron chi connectivity index (χ0n) is 6.86. The number of hydrogen-bond acceptors (Lipinski definition) is 1. The highest BCUT2D eigenvalue weighted by Crippen LogP contribution is 2.41. The van der Waals surface area contributed by atoms with Crippen LogP contribution >= 0.6 is 12.2 Å². The molecule has 1 fully saturated rings. The normalized spacial score (nSPS) is 21.2. The Kier molecular flexibility index (Phi) is 2.82. The van der Waals surface area contributed by atoms with Crippen molar-refractivity contribution < 1.29 is 8.78 Å². The Labute approximate surface area is 75.7 Å². The third-order valence-electron chi connectivity index (χ3n) is 1.95. The highest BCUT2D eigenvalue weighted by molar-refractivity contribution is 7.80. The van der Waals surface area contributed by atoms with Crippen LogP contribution in [-0.2, 0) is 0 Å².